The lowest BCUT2D eigenvalue weighted by atomic mass is 9.95. The molecule has 0 saturated carbocycles. The number of amides is 1. The second-order valence-electron chi connectivity index (χ2n) is 8.25. The van der Waals surface area contributed by atoms with E-state index in [-0.39, 0.29) is 22.2 Å². The van der Waals surface area contributed by atoms with Crippen molar-refractivity contribution in [2.75, 3.05) is 11.5 Å². The number of aromatic nitrogens is 1. The zero-order chi connectivity index (χ0) is 25.4. The van der Waals surface area contributed by atoms with Gasteiger partial charge in [-0.2, -0.15) is 0 Å². The van der Waals surface area contributed by atoms with Crippen molar-refractivity contribution in [3.05, 3.63) is 88.5 Å². The van der Waals surface area contributed by atoms with E-state index in [1.807, 2.05) is 6.92 Å². The number of rotatable bonds is 6. The maximum absolute atomic E-state index is 13.3. The Morgan fingerprint density at radius 2 is 1.89 bits per heavy atom. The largest absolute Gasteiger partial charge is 0.508 e. The van der Waals surface area contributed by atoms with Crippen molar-refractivity contribution in [2.24, 2.45) is 0 Å². The summed E-state index contributed by atoms with van der Waals surface area (Å²) in [4.78, 5) is 32.5. The van der Waals surface area contributed by atoms with Crippen LogP contribution in [-0.2, 0) is 9.59 Å². The van der Waals surface area contributed by atoms with Gasteiger partial charge in [-0.15, -0.1) is 0 Å². The first-order chi connectivity index (χ1) is 17.4. The molecule has 0 aliphatic carbocycles. The summed E-state index contributed by atoms with van der Waals surface area (Å²) in [6.45, 7) is 2.56. The van der Waals surface area contributed by atoms with E-state index in [0.717, 1.165) is 11.1 Å². The van der Waals surface area contributed by atoms with Crippen LogP contribution in [0, 0.1) is 0 Å². The first-order valence-electron chi connectivity index (χ1n) is 11.3. The third-order valence-electron chi connectivity index (χ3n) is 5.78. The number of phenolic OH excluding ortho intramolecular Hbond substituents is 1. The lowest BCUT2D eigenvalue weighted by molar-refractivity contribution is -0.132. The molecule has 0 radical (unpaired) electrons. The molecule has 9 heteroatoms. The molecule has 1 atom stereocenters. The molecule has 36 heavy (non-hydrogen) atoms. The lowest BCUT2D eigenvalue weighted by Gasteiger charge is -2.23. The second-order valence-corrected chi connectivity index (χ2v) is 9.69. The molecule has 3 aromatic carbocycles. The van der Waals surface area contributed by atoms with Gasteiger partial charge in [-0.25, -0.2) is 4.98 Å². The molecule has 0 bridgehead atoms. The molecular formula is C27H21ClN2O5S. The average Bonchev–Trinajstić information content (AvgIpc) is 3.40. The van der Waals surface area contributed by atoms with Crippen molar-refractivity contribution >= 4 is 55.7 Å². The summed E-state index contributed by atoms with van der Waals surface area (Å²) < 4.78 is 6.35. The maximum atomic E-state index is 13.3. The number of carbonyl (C=O) groups excluding carboxylic acids is 2. The molecule has 0 spiro atoms. The minimum atomic E-state index is -0.996. The number of hydrogen-bond acceptors (Lipinski definition) is 7. The number of phenols is 1. The third-order valence-corrected chi connectivity index (χ3v) is 7.03. The van der Waals surface area contributed by atoms with E-state index in [1.54, 1.807) is 54.6 Å². The number of halogens is 1. The highest BCUT2D eigenvalue weighted by Crippen LogP contribution is 2.45. The van der Waals surface area contributed by atoms with Gasteiger partial charge in [0.05, 0.1) is 28.4 Å². The van der Waals surface area contributed by atoms with E-state index in [9.17, 15) is 19.8 Å². The SMILES string of the molecule is CCCOc1ccc(/C(O)=C2\C(=O)C(=O)N(c3nc4ccc(Cl)cc4s3)C2c2cccc(O)c2)cc1. The smallest absolute Gasteiger partial charge is 0.301 e. The summed E-state index contributed by atoms with van der Waals surface area (Å²) >= 11 is 7.33. The van der Waals surface area contributed by atoms with Gasteiger partial charge in [0.1, 0.15) is 17.3 Å². The molecule has 2 N–H and O–H groups in total. The number of nitrogens with zero attached hydrogens (tertiary/aromatic N) is 2. The Labute approximate surface area is 215 Å². The van der Waals surface area contributed by atoms with Crippen molar-refractivity contribution < 1.29 is 24.5 Å². The number of fused-ring (bicyclic) bond motifs is 1. The normalized spacial score (nSPS) is 17.2. The van der Waals surface area contributed by atoms with E-state index in [4.69, 9.17) is 16.3 Å². The van der Waals surface area contributed by atoms with Gasteiger partial charge in [-0.3, -0.25) is 14.5 Å². The lowest BCUT2D eigenvalue weighted by Crippen LogP contribution is -2.29. The van der Waals surface area contributed by atoms with Crippen LogP contribution >= 0.6 is 22.9 Å². The van der Waals surface area contributed by atoms with E-state index in [2.05, 4.69) is 4.98 Å². The number of anilines is 1. The molecule has 1 aliphatic heterocycles. The molecule has 5 rings (SSSR count). The minimum Gasteiger partial charge on any atom is -0.508 e. The molecule has 1 aliphatic rings. The van der Waals surface area contributed by atoms with Crippen LogP contribution in [0.4, 0.5) is 5.13 Å². The summed E-state index contributed by atoms with van der Waals surface area (Å²) in [6.07, 6.45) is 0.854. The van der Waals surface area contributed by atoms with Crippen molar-refractivity contribution in [1.82, 2.24) is 4.98 Å². The first kappa shape index (κ1) is 23.8. The molecular weight excluding hydrogens is 500 g/mol. The molecule has 1 fully saturated rings. The van der Waals surface area contributed by atoms with Crippen LogP contribution in [0.25, 0.3) is 16.0 Å². The quantitative estimate of drug-likeness (QED) is 0.182. The molecule has 182 valence electrons. The van der Waals surface area contributed by atoms with Crippen molar-refractivity contribution in [3.63, 3.8) is 0 Å². The minimum absolute atomic E-state index is 0.0356. The second kappa shape index (κ2) is 9.64. The summed E-state index contributed by atoms with van der Waals surface area (Å²) in [7, 11) is 0. The van der Waals surface area contributed by atoms with Gasteiger partial charge in [0.2, 0.25) is 0 Å². The number of hydrogen-bond donors (Lipinski definition) is 2. The monoisotopic (exact) mass is 520 g/mol. The molecule has 1 saturated heterocycles. The Bertz CT molecular complexity index is 1510. The molecule has 7 nitrogen and oxygen atoms in total. The Hall–Kier alpha value is -3.88. The Balaban J connectivity index is 1.65. The fourth-order valence-corrected chi connectivity index (χ4v) is 5.38. The Kier molecular flexibility index (Phi) is 6.38. The first-order valence-corrected chi connectivity index (χ1v) is 12.5. The zero-order valence-corrected chi connectivity index (χ0v) is 20.7. The van der Waals surface area contributed by atoms with Crippen LogP contribution in [0.2, 0.25) is 5.02 Å². The number of benzene rings is 3. The third kappa shape index (κ3) is 4.29. The van der Waals surface area contributed by atoms with Crippen molar-refractivity contribution in [1.29, 1.82) is 0 Å². The molecule has 1 unspecified atom stereocenters. The van der Waals surface area contributed by atoms with Gasteiger partial charge < -0.3 is 14.9 Å². The van der Waals surface area contributed by atoms with Crippen LogP contribution in [0.3, 0.4) is 0 Å². The maximum Gasteiger partial charge on any atom is 0.301 e. The molecule has 1 aromatic heterocycles. The number of ketones is 1. The van der Waals surface area contributed by atoms with Crippen LogP contribution in [-0.4, -0.2) is 33.5 Å². The van der Waals surface area contributed by atoms with Crippen molar-refractivity contribution in [3.8, 4) is 11.5 Å². The number of ether oxygens (including phenoxy) is 1. The van der Waals surface area contributed by atoms with Crippen LogP contribution in [0.15, 0.2) is 72.3 Å². The number of Topliss-reactive ketones (excluding diaryl/α,β-unsaturated/α-hetero) is 1. The summed E-state index contributed by atoms with van der Waals surface area (Å²) in [6, 6.07) is 17.1. The number of carbonyl (C=O) groups is 2. The average molecular weight is 521 g/mol. The molecule has 4 aromatic rings. The van der Waals surface area contributed by atoms with Crippen LogP contribution in [0.5, 0.6) is 11.5 Å². The standard InChI is InChI=1S/C27H21ClN2O5S/c1-2-12-35-19-9-6-15(7-10-19)24(32)22-23(16-4-3-5-18(31)13-16)30(26(34)25(22)33)27-29-20-11-8-17(28)14-21(20)36-27/h3-11,13-14,23,31-32H,2,12H2,1H3/b24-22+. The number of aliphatic hydroxyl groups excluding tert-OH is 1. The predicted octanol–water partition coefficient (Wildman–Crippen LogP) is 6.07. The highest BCUT2D eigenvalue weighted by molar-refractivity contribution is 7.22. The molecule has 1 amide bonds. The van der Waals surface area contributed by atoms with Crippen molar-refractivity contribution in [2.45, 2.75) is 19.4 Å². The van der Waals surface area contributed by atoms with E-state index < -0.39 is 17.7 Å². The van der Waals surface area contributed by atoms with E-state index in [1.165, 1.54) is 28.4 Å². The topological polar surface area (TPSA) is 100.0 Å². The highest BCUT2D eigenvalue weighted by atomic mass is 35.5. The van der Waals surface area contributed by atoms with Gasteiger partial charge >= 0.3 is 5.91 Å². The van der Waals surface area contributed by atoms with Gasteiger partial charge in [0, 0.05) is 10.6 Å². The predicted molar refractivity (Wildman–Crippen MR) is 140 cm³/mol. The van der Waals surface area contributed by atoms with Gasteiger partial charge in [-0.1, -0.05) is 42.0 Å². The van der Waals surface area contributed by atoms with E-state index >= 15 is 0 Å². The summed E-state index contributed by atoms with van der Waals surface area (Å²) in [5, 5.41) is 22.2. The Morgan fingerprint density at radius 3 is 2.61 bits per heavy atom. The van der Waals surface area contributed by atoms with Crippen LogP contribution < -0.4 is 9.64 Å². The summed E-state index contributed by atoms with van der Waals surface area (Å²) in [5.74, 6) is -1.39. The van der Waals surface area contributed by atoms with Crippen LogP contribution in [0.1, 0.15) is 30.5 Å². The highest BCUT2D eigenvalue weighted by Gasteiger charge is 2.48. The number of thiazole rings is 1. The zero-order valence-electron chi connectivity index (χ0n) is 19.1. The number of aromatic hydroxyl groups is 1. The Morgan fingerprint density at radius 1 is 1.11 bits per heavy atom. The fourth-order valence-electron chi connectivity index (χ4n) is 4.11. The number of aliphatic hydroxyl groups is 1. The fraction of sp³-hybridized carbons (Fsp3) is 0.148. The van der Waals surface area contributed by atoms with Gasteiger partial charge in [0.15, 0.2) is 5.13 Å². The van der Waals surface area contributed by atoms with Gasteiger partial charge in [0.25, 0.3) is 5.78 Å². The molecule has 2 heterocycles. The van der Waals surface area contributed by atoms with E-state index in [0.29, 0.717) is 34.0 Å². The summed E-state index contributed by atoms with van der Waals surface area (Å²) in [5.41, 5.74) is 1.35. The van der Waals surface area contributed by atoms with Gasteiger partial charge in [-0.05, 0) is 66.6 Å².